The Morgan fingerprint density at radius 3 is 2.67 bits per heavy atom. The number of amides is 1. The van der Waals surface area contributed by atoms with Gasteiger partial charge in [0, 0.05) is 22.8 Å². The van der Waals surface area contributed by atoms with Gasteiger partial charge in [-0.05, 0) is 60.8 Å². The van der Waals surface area contributed by atoms with E-state index >= 15 is 0 Å². The summed E-state index contributed by atoms with van der Waals surface area (Å²) in [5.74, 6) is 1.13. The van der Waals surface area contributed by atoms with Crippen molar-refractivity contribution in [3.05, 3.63) is 73.9 Å². The summed E-state index contributed by atoms with van der Waals surface area (Å²) in [7, 11) is 1.59. The lowest BCUT2D eigenvalue weighted by Crippen LogP contribution is -2.60. The molecule has 0 saturated carbocycles. The molecule has 0 saturated heterocycles. The molecule has 10 heteroatoms. The Morgan fingerprint density at radius 1 is 1.33 bits per heavy atom. The minimum atomic E-state index is -0.675. The number of benzene rings is 2. The number of nitrogens with zero attached hydrogens (tertiary/aromatic N) is 3. The van der Waals surface area contributed by atoms with Crippen LogP contribution in [0.15, 0.2) is 67.9 Å². The minimum absolute atomic E-state index is 0.0870. The molecule has 170 valence electrons. The molecule has 2 aromatic carbocycles. The molecule has 0 aliphatic carbocycles. The predicted octanol–water partition coefficient (Wildman–Crippen LogP) is 4.84. The fraction of sp³-hybridized carbons (Fsp3) is 0.217. The average molecular weight is 593 g/mol. The highest BCUT2D eigenvalue weighted by Crippen LogP contribution is 2.41. The molecule has 0 fully saturated rings. The second-order valence-electron chi connectivity index (χ2n) is 7.18. The van der Waals surface area contributed by atoms with E-state index in [-0.39, 0.29) is 11.5 Å². The molecule has 1 aromatic heterocycles. The molecule has 0 spiro atoms. The number of anilines is 1. The monoisotopic (exact) mass is 591 g/mol. The minimum Gasteiger partial charge on any atom is -0.494 e. The number of carbonyl (C=O) groups excluding carboxylic acids is 1. The lowest BCUT2D eigenvalue weighted by atomic mass is 10.0. The Bertz CT molecular complexity index is 1290. The molecule has 0 radical (unpaired) electrons. The second-order valence-corrected chi connectivity index (χ2v) is 9.90. The van der Waals surface area contributed by atoms with Gasteiger partial charge in [-0.1, -0.05) is 36.9 Å². The van der Waals surface area contributed by atoms with E-state index in [1.807, 2.05) is 43.3 Å². The average Bonchev–Trinajstić information content (AvgIpc) is 2.80. The third-order valence-corrected chi connectivity index (χ3v) is 7.23. The standard InChI is InChI=1S/C23H20Br2N4O3S/c1-4-10-33-23-26-21(31)19-14-8-6-7-9-17(14)28(18(30)5-2)22(29(19)27-23)13-11-15(24)20(32-3)16(25)12-13/h4,6-9,11-12,22H,1,5,10H2,2-3H3/p+1/t22-/m1/s1. The highest BCUT2D eigenvalue weighted by Gasteiger charge is 2.45. The summed E-state index contributed by atoms with van der Waals surface area (Å²) in [5, 5.41) is 5.21. The molecule has 4 rings (SSSR count). The maximum Gasteiger partial charge on any atom is 0.325 e. The van der Waals surface area contributed by atoms with Gasteiger partial charge in [0.2, 0.25) is 11.1 Å². The predicted molar refractivity (Wildman–Crippen MR) is 136 cm³/mol. The van der Waals surface area contributed by atoms with Crippen LogP contribution in [0.25, 0.3) is 11.3 Å². The van der Waals surface area contributed by atoms with Crippen LogP contribution in [0, 0.1) is 0 Å². The molecular formula is C23H21Br2N4O3S+. The molecule has 0 unspecified atom stereocenters. The first-order valence-corrected chi connectivity index (χ1v) is 12.7. The maximum absolute atomic E-state index is 13.3. The number of thioether (sulfide) groups is 1. The summed E-state index contributed by atoms with van der Waals surface area (Å²) in [5.41, 5.74) is 2.19. The normalized spacial score (nSPS) is 14.4. The van der Waals surface area contributed by atoms with Gasteiger partial charge in [0.05, 0.1) is 27.3 Å². The largest absolute Gasteiger partial charge is 0.494 e. The zero-order valence-corrected chi connectivity index (χ0v) is 22.0. The summed E-state index contributed by atoms with van der Waals surface area (Å²) in [6.07, 6.45) is 1.36. The Hall–Kier alpha value is -2.43. The third-order valence-electron chi connectivity index (χ3n) is 5.19. The number of rotatable bonds is 6. The number of hydrogen-bond donors (Lipinski definition) is 1. The summed E-state index contributed by atoms with van der Waals surface area (Å²) < 4.78 is 8.52. The molecule has 7 nitrogen and oxygen atoms in total. The van der Waals surface area contributed by atoms with Crippen molar-refractivity contribution in [1.82, 2.24) is 10.1 Å². The Labute approximate surface area is 212 Å². The van der Waals surface area contributed by atoms with E-state index in [4.69, 9.17) is 9.84 Å². The fourth-order valence-electron chi connectivity index (χ4n) is 3.84. The molecule has 1 amide bonds. The van der Waals surface area contributed by atoms with E-state index in [1.165, 1.54) is 11.8 Å². The zero-order valence-electron chi connectivity index (χ0n) is 18.0. The molecule has 1 N–H and O–H groups in total. The number of H-pyrrole nitrogens is 1. The van der Waals surface area contributed by atoms with Crippen molar-refractivity contribution < 1.29 is 14.2 Å². The van der Waals surface area contributed by atoms with Gasteiger partial charge in [0.1, 0.15) is 5.75 Å². The Kier molecular flexibility index (Phi) is 7.06. The highest BCUT2D eigenvalue weighted by molar-refractivity contribution is 9.11. The van der Waals surface area contributed by atoms with Crippen molar-refractivity contribution in [3.63, 3.8) is 0 Å². The van der Waals surface area contributed by atoms with Crippen molar-refractivity contribution in [2.24, 2.45) is 0 Å². The van der Waals surface area contributed by atoms with Gasteiger partial charge < -0.3 is 4.74 Å². The van der Waals surface area contributed by atoms with Crippen LogP contribution in [0.4, 0.5) is 5.69 Å². The van der Waals surface area contributed by atoms with Crippen molar-refractivity contribution in [1.29, 1.82) is 0 Å². The van der Waals surface area contributed by atoms with Crippen LogP contribution >= 0.6 is 43.6 Å². The maximum atomic E-state index is 13.3. The molecule has 1 atom stereocenters. The van der Waals surface area contributed by atoms with Gasteiger partial charge in [-0.3, -0.25) is 14.6 Å². The number of ether oxygens (including phenoxy) is 1. The number of nitrogens with one attached hydrogen (secondary N) is 1. The Morgan fingerprint density at radius 2 is 2.03 bits per heavy atom. The van der Waals surface area contributed by atoms with Crippen LogP contribution in [0.1, 0.15) is 25.1 Å². The van der Waals surface area contributed by atoms with Crippen LogP contribution in [-0.2, 0) is 4.79 Å². The molecular weight excluding hydrogens is 572 g/mol. The molecule has 1 aliphatic heterocycles. The number of methoxy groups -OCH3 is 1. The molecule has 1 aliphatic rings. The highest BCUT2D eigenvalue weighted by atomic mass is 79.9. The second kappa shape index (κ2) is 9.82. The first-order chi connectivity index (χ1) is 15.9. The first-order valence-electron chi connectivity index (χ1n) is 10.2. The summed E-state index contributed by atoms with van der Waals surface area (Å²) >= 11 is 8.49. The zero-order chi connectivity index (χ0) is 23.7. The third kappa shape index (κ3) is 4.27. The van der Waals surface area contributed by atoms with E-state index < -0.39 is 6.17 Å². The van der Waals surface area contributed by atoms with Crippen LogP contribution in [0.3, 0.4) is 0 Å². The van der Waals surface area contributed by atoms with Crippen molar-refractivity contribution in [2.45, 2.75) is 24.7 Å². The van der Waals surface area contributed by atoms with Crippen molar-refractivity contribution in [3.8, 4) is 17.0 Å². The smallest absolute Gasteiger partial charge is 0.325 e. The molecule has 0 bridgehead atoms. The van der Waals surface area contributed by atoms with Crippen LogP contribution in [0.2, 0.25) is 0 Å². The number of halogens is 2. The van der Waals surface area contributed by atoms with Crippen LogP contribution < -0.4 is 19.9 Å². The van der Waals surface area contributed by atoms with Gasteiger partial charge in [0.15, 0.2) is 0 Å². The van der Waals surface area contributed by atoms with E-state index in [0.29, 0.717) is 49.0 Å². The number of aromatic amines is 1. The topological polar surface area (TPSA) is 79.2 Å². The van der Waals surface area contributed by atoms with Gasteiger partial charge in [-0.15, -0.1) is 6.58 Å². The lowest BCUT2D eigenvalue weighted by Gasteiger charge is -2.32. The molecule has 3 aromatic rings. The number of para-hydroxylation sites is 1. The quantitative estimate of drug-likeness (QED) is 0.252. The van der Waals surface area contributed by atoms with Gasteiger partial charge in [-0.2, -0.15) is 0 Å². The van der Waals surface area contributed by atoms with Crippen molar-refractivity contribution in [2.75, 3.05) is 17.8 Å². The van der Waals surface area contributed by atoms with Crippen molar-refractivity contribution >= 4 is 55.2 Å². The summed E-state index contributed by atoms with van der Waals surface area (Å²) in [6, 6.07) is 11.2. The Balaban J connectivity index is 2.06. The van der Waals surface area contributed by atoms with Crippen LogP contribution in [0.5, 0.6) is 5.75 Å². The van der Waals surface area contributed by atoms with E-state index in [2.05, 4.69) is 43.4 Å². The SMILES string of the molecule is C=CCSc1n[n+]2c(c(=O)[nH]1)-c1ccccc1N(C(=O)CC)[C@H]2c1cc(Br)c(OC)c(Br)c1. The number of hydrogen-bond acceptors (Lipinski definition) is 5. The number of aromatic nitrogens is 3. The van der Waals surface area contributed by atoms with Gasteiger partial charge in [0.25, 0.3) is 6.17 Å². The van der Waals surface area contributed by atoms with Crippen LogP contribution in [-0.4, -0.2) is 28.9 Å². The van der Waals surface area contributed by atoms with Gasteiger partial charge in [-0.25, -0.2) is 4.90 Å². The number of carbonyl (C=O) groups is 1. The summed E-state index contributed by atoms with van der Waals surface area (Å²) in [4.78, 5) is 31.1. The molecule has 2 heterocycles. The first kappa shape index (κ1) is 23.7. The fourth-order valence-corrected chi connectivity index (χ4v) is 5.97. The molecule has 33 heavy (non-hydrogen) atoms. The van der Waals surface area contributed by atoms with E-state index in [1.54, 1.807) is 22.8 Å². The van der Waals surface area contributed by atoms with Gasteiger partial charge >= 0.3 is 11.3 Å². The number of fused-ring (bicyclic) bond motifs is 3. The summed E-state index contributed by atoms with van der Waals surface area (Å²) in [6.45, 7) is 5.56. The lowest BCUT2D eigenvalue weighted by molar-refractivity contribution is -0.763. The van der Waals surface area contributed by atoms with E-state index in [9.17, 15) is 9.59 Å². The van der Waals surface area contributed by atoms with E-state index in [0.717, 1.165) is 5.56 Å².